The van der Waals surface area contributed by atoms with Crippen molar-refractivity contribution in [1.82, 2.24) is 5.32 Å². The highest BCUT2D eigenvalue weighted by Crippen LogP contribution is 2.33. The Morgan fingerprint density at radius 1 is 1.23 bits per heavy atom. The number of rotatable bonds is 2. The number of hydrogen-bond acceptors (Lipinski definition) is 5. The summed E-state index contributed by atoms with van der Waals surface area (Å²) in [5.74, 6) is -1.17. The molecular formula is C18H15FN2O5. The summed E-state index contributed by atoms with van der Waals surface area (Å²) in [6.07, 6.45) is -0.974. The predicted octanol–water partition coefficient (Wildman–Crippen LogP) is 1.38. The van der Waals surface area contributed by atoms with Gasteiger partial charge in [-0.1, -0.05) is 18.2 Å². The van der Waals surface area contributed by atoms with Crippen LogP contribution in [0.15, 0.2) is 36.4 Å². The number of nitrogens with one attached hydrogen (secondary N) is 2. The van der Waals surface area contributed by atoms with Crippen LogP contribution in [0.2, 0.25) is 0 Å². The van der Waals surface area contributed by atoms with Gasteiger partial charge in [0.25, 0.3) is 11.8 Å². The second-order valence-corrected chi connectivity index (χ2v) is 6.03. The van der Waals surface area contributed by atoms with Gasteiger partial charge < -0.3 is 25.2 Å². The van der Waals surface area contributed by atoms with Gasteiger partial charge in [0.05, 0.1) is 17.3 Å². The van der Waals surface area contributed by atoms with Crippen molar-refractivity contribution in [2.24, 2.45) is 0 Å². The summed E-state index contributed by atoms with van der Waals surface area (Å²) >= 11 is 0. The first-order chi connectivity index (χ1) is 12.5. The van der Waals surface area contributed by atoms with E-state index in [1.54, 1.807) is 24.3 Å². The van der Waals surface area contributed by atoms with Gasteiger partial charge >= 0.3 is 0 Å². The highest BCUT2D eigenvalue weighted by Gasteiger charge is 2.32. The maximum absolute atomic E-state index is 14.3. The van der Waals surface area contributed by atoms with Crippen molar-refractivity contribution in [2.75, 3.05) is 18.5 Å². The Hall–Kier alpha value is -3.13. The van der Waals surface area contributed by atoms with Crippen LogP contribution in [0.25, 0.3) is 0 Å². The minimum Gasteiger partial charge on any atom is -0.490 e. The lowest BCUT2D eigenvalue weighted by Gasteiger charge is -2.31. The molecule has 2 aromatic rings. The third-order valence-corrected chi connectivity index (χ3v) is 4.28. The van der Waals surface area contributed by atoms with Gasteiger partial charge in [0.1, 0.15) is 30.0 Å². The van der Waals surface area contributed by atoms with Crippen LogP contribution in [-0.4, -0.2) is 36.2 Å². The molecule has 0 saturated carbocycles. The second kappa shape index (κ2) is 6.30. The fourth-order valence-corrected chi connectivity index (χ4v) is 3.02. The summed E-state index contributed by atoms with van der Waals surface area (Å²) in [5, 5.41) is 15.4. The van der Waals surface area contributed by atoms with Crippen LogP contribution in [0.4, 0.5) is 10.1 Å². The van der Waals surface area contributed by atoms with Crippen LogP contribution in [0.1, 0.15) is 22.0 Å². The first-order valence-electron chi connectivity index (χ1n) is 8.00. The number of aliphatic hydroxyl groups excluding tert-OH is 1. The largest absolute Gasteiger partial charge is 0.490 e. The Morgan fingerprint density at radius 2 is 2.04 bits per heavy atom. The molecule has 26 heavy (non-hydrogen) atoms. The van der Waals surface area contributed by atoms with E-state index >= 15 is 0 Å². The maximum Gasteiger partial charge on any atom is 0.262 e. The van der Waals surface area contributed by atoms with Crippen LogP contribution in [-0.2, 0) is 4.79 Å². The smallest absolute Gasteiger partial charge is 0.262 e. The van der Waals surface area contributed by atoms with Crippen LogP contribution in [0, 0.1) is 5.82 Å². The Morgan fingerprint density at radius 3 is 2.88 bits per heavy atom. The molecule has 134 valence electrons. The van der Waals surface area contributed by atoms with Crippen molar-refractivity contribution < 1.29 is 28.6 Å². The Bertz CT molecular complexity index is 901. The molecule has 2 aliphatic rings. The van der Waals surface area contributed by atoms with Gasteiger partial charge in [-0.2, -0.15) is 0 Å². The highest BCUT2D eigenvalue weighted by atomic mass is 19.1. The molecule has 0 bridgehead atoms. The number of anilines is 1. The molecule has 2 atom stereocenters. The molecule has 3 N–H and O–H groups in total. The number of amides is 2. The summed E-state index contributed by atoms with van der Waals surface area (Å²) in [5.41, 5.74) is 0.570. The van der Waals surface area contributed by atoms with Gasteiger partial charge in [-0.3, -0.25) is 9.59 Å². The van der Waals surface area contributed by atoms with E-state index < -0.39 is 23.9 Å². The molecule has 2 aromatic carbocycles. The molecule has 8 heteroatoms. The summed E-state index contributed by atoms with van der Waals surface area (Å²) < 4.78 is 24.9. The molecular weight excluding hydrogens is 343 g/mol. The molecule has 2 aliphatic heterocycles. The summed E-state index contributed by atoms with van der Waals surface area (Å²) in [6, 6.07) is 8.51. The van der Waals surface area contributed by atoms with E-state index in [2.05, 4.69) is 10.6 Å². The fraction of sp³-hybridized carbons (Fsp3) is 0.222. The van der Waals surface area contributed by atoms with E-state index in [0.29, 0.717) is 11.3 Å². The molecule has 0 radical (unpaired) electrons. The van der Waals surface area contributed by atoms with Crippen molar-refractivity contribution in [3.8, 4) is 11.5 Å². The summed E-state index contributed by atoms with van der Waals surface area (Å²) in [6.45, 7) is -0.193. The SMILES string of the molecule is O=C1COc2cc(F)c(C(=O)N[C@H]3c4ccccc4OC[C@H]3O)cc2N1. The van der Waals surface area contributed by atoms with Crippen molar-refractivity contribution >= 4 is 17.5 Å². The number of ether oxygens (including phenoxy) is 2. The van der Waals surface area contributed by atoms with Gasteiger partial charge in [-0.25, -0.2) is 4.39 Å². The molecule has 0 fully saturated rings. The van der Waals surface area contributed by atoms with Gasteiger partial charge in [-0.15, -0.1) is 0 Å². The quantitative estimate of drug-likeness (QED) is 0.754. The van der Waals surface area contributed by atoms with Crippen molar-refractivity contribution in [3.63, 3.8) is 0 Å². The summed E-state index contributed by atoms with van der Waals surface area (Å²) in [4.78, 5) is 24.0. The lowest BCUT2D eigenvalue weighted by Crippen LogP contribution is -2.42. The predicted molar refractivity (Wildman–Crippen MR) is 88.7 cm³/mol. The zero-order valence-corrected chi connectivity index (χ0v) is 13.5. The number of para-hydroxylation sites is 1. The van der Waals surface area contributed by atoms with E-state index in [9.17, 15) is 19.1 Å². The van der Waals surface area contributed by atoms with Crippen LogP contribution in [0.3, 0.4) is 0 Å². The van der Waals surface area contributed by atoms with Gasteiger partial charge in [0, 0.05) is 11.6 Å². The Balaban J connectivity index is 1.63. The molecule has 0 spiro atoms. The van der Waals surface area contributed by atoms with E-state index in [-0.39, 0.29) is 36.1 Å². The molecule has 7 nitrogen and oxygen atoms in total. The monoisotopic (exact) mass is 358 g/mol. The number of carbonyl (C=O) groups excluding carboxylic acids is 2. The molecule has 0 saturated heterocycles. The van der Waals surface area contributed by atoms with Crippen molar-refractivity contribution in [2.45, 2.75) is 12.1 Å². The number of fused-ring (bicyclic) bond motifs is 2. The Kier molecular flexibility index (Phi) is 3.96. The number of benzene rings is 2. The highest BCUT2D eigenvalue weighted by molar-refractivity contribution is 6.00. The standard InChI is InChI=1S/C18H15FN2O5/c19-11-6-15-12(20-16(23)8-26-15)5-10(11)18(24)21-17-9-3-1-2-4-14(9)25-7-13(17)22/h1-6,13,17,22H,7-8H2,(H,20,23)(H,21,24)/t13-,17+/m1/s1. The van der Waals surface area contributed by atoms with E-state index in [1.165, 1.54) is 6.07 Å². The fourth-order valence-electron chi connectivity index (χ4n) is 3.02. The minimum atomic E-state index is -0.974. The number of carbonyl (C=O) groups is 2. The van der Waals surface area contributed by atoms with Gasteiger partial charge in [0.15, 0.2) is 6.61 Å². The average Bonchev–Trinajstić information content (AvgIpc) is 2.63. The first-order valence-corrected chi connectivity index (χ1v) is 8.00. The first kappa shape index (κ1) is 16.3. The molecule has 0 unspecified atom stereocenters. The van der Waals surface area contributed by atoms with E-state index in [4.69, 9.17) is 9.47 Å². The van der Waals surface area contributed by atoms with Gasteiger partial charge in [0.2, 0.25) is 0 Å². The summed E-state index contributed by atoms with van der Waals surface area (Å²) in [7, 11) is 0. The minimum absolute atomic E-state index is 0.0124. The molecule has 2 heterocycles. The molecule has 4 rings (SSSR count). The van der Waals surface area contributed by atoms with E-state index in [0.717, 1.165) is 6.07 Å². The third kappa shape index (κ3) is 2.84. The lowest BCUT2D eigenvalue weighted by atomic mass is 9.97. The Labute approximate surface area is 147 Å². The number of halogens is 1. The normalized spacial score (nSPS) is 20.8. The number of aliphatic hydroxyl groups is 1. The van der Waals surface area contributed by atoms with Crippen molar-refractivity contribution in [1.29, 1.82) is 0 Å². The van der Waals surface area contributed by atoms with Gasteiger partial charge in [-0.05, 0) is 12.1 Å². The molecule has 0 aliphatic carbocycles. The number of hydrogen-bond donors (Lipinski definition) is 3. The van der Waals surface area contributed by atoms with Crippen LogP contribution in [0.5, 0.6) is 11.5 Å². The topological polar surface area (TPSA) is 96.9 Å². The second-order valence-electron chi connectivity index (χ2n) is 6.03. The average molecular weight is 358 g/mol. The molecule has 0 aromatic heterocycles. The zero-order chi connectivity index (χ0) is 18.3. The lowest BCUT2D eigenvalue weighted by molar-refractivity contribution is -0.118. The maximum atomic E-state index is 14.3. The van der Waals surface area contributed by atoms with Crippen LogP contribution >= 0.6 is 0 Å². The van der Waals surface area contributed by atoms with E-state index in [1.807, 2.05) is 0 Å². The van der Waals surface area contributed by atoms with Crippen LogP contribution < -0.4 is 20.1 Å². The molecule has 2 amide bonds. The zero-order valence-electron chi connectivity index (χ0n) is 13.5. The van der Waals surface area contributed by atoms with Crippen molar-refractivity contribution in [3.05, 3.63) is 53.3 Å². The third-order valence-electron chi connectivity index (χ3n) is 4.28.